The second-order valence-corrected chi connectivity index (χ2v) is 2.32. The summed E-state index contributed by atoms with van der Waals surface area (Å²) in [5.74, 6) is 0.796. The minimum Gasteiger partial charge on any atom is -0.306 e. The first kappa shape index (κ1) is 5.17. The molecule has 0 atom stereocenters. The summed E-state index contributed by atoms with van der Waals surface area (Å²) in [6, 6.07) is 0. The molecule has 0 saturated carbocycles. The Balaban J connectivity index is 2.06. The van der Waals surface area contributed by atoms with Crippen molar-refractivity contribution in [3.8, 4) is 0 Å². The molecule has 0 N–H and O–H groups in total. The minimum atomic E-state index is 0.796. The molecule has 7 heavy (non-hydrogen) atoms. The molecule has 1 aliphatic rings. The van der Waals surface area contributed by atoms with Gasteiger partial charge in [-0.3, -0.25) is 0 Å². The fraction of sp³-hybridized carbons (Fsp3) is 1.00. The van der Waals surface area contributed by atoms with Crippen molar-refractivity contribution in [2.75, 3.05) is 20.1 Å². The highest BCUT2D eigenvalue weighted by Gasteiger charge is 2.19. The maximum absolute atomic E-state index is 5.37. The molecule has 2 heteroatoms. The van der Waals surface area contributed by atoms with Crippen LogP contribution in [0.15, 0.2) is 0 Å². The predicted octanol–water partition coefficient (Wildman–Crippen LogP) is 0.135. The van der Waals surface area contributed by atoms with E-state index in [1.165, 1.54) is 13.1 Å². The maximum atomic E-state index is 5.37. The molecule has 1 heterocycles. The van der Waals surface area contributed by atoms with Crippen LogP contribution >= 0.6 is 0 Å². The Hall–Kier alpha value is 0.0249. The lowest BCUT2D eigenvalue weighted by molar-refractivity contribution is 0.150. The topological polar surface area (TPSA) is 3.24 Å². The Morgan fingerprint density at radius 2 is 2.29 bits per heavy atom. The maximum Gasteiger partial charge on any atom is 0.0658 e. The Kier molecular flexibility index (Phi) is 1.38. The van der Waals surface area contributed by atoms with E-state index in [0.29, 0.717) is 0 Å². The van der Waals surface area contributed by atoms with E-state index in [-0.39, 0.29) is 0 Å². The van der Waals surface area contributed by atoms with Gasteiger partial charge >= 0.3 is 0 Å². The third-order valence-electron chi connectivity index (χ3n) is 1.47. The van der Waals surface area contributed by atoms with Crippen LogP contribution < -0.4 is 0 Å². The van der Waals surface area contributed by atoms with E-state index in [1.807, 2.05) is 0 Å². The van der Waals surface area contributed by atoms with Gasteiger partial charge in [0.1, 0.15) is 0 Å². The molecule has 0 aliphatic carbocycles. The molecule has 0 amide bonds. The fourth-order valence-corrected chi connectivity index (χ4v) is 0.977. The summed E-state index contributed by atoms with van der Waals surface area (Å²) in [6.07, 6.45) is 0.865. The molecule has 2 radical (unpaired) electrons. The first-order chi connectivity index (χ1) is 3.33. The molecule has 38 valence electrons. The van der Waals surface area contributed by atoms with Crippen LogP contribution in [0.4, 0.5) is 0 Å². The van der Waals surface area contributed by atoms with Crippen LogP contribution in [-0.4, -0.2) is 32.9 Å². The van der Waals surface area contributed by atoms with Gasteiger partial charge in [-0.05, 0) is 13.0 Å². The van der Waals surface area contributed by atoms with Crippen LogP contribution in [0.3, 0.4) is 0 Å². The van der Waals surface area contributed by atoms with Gasteiger partial charge in [-0.1, -0.05) is 6.32 Å². The first-order valence-electron chi connectivity index (χ1n) is 2.71. The molecule has 0 bridgehead atoms. The normalized spacial score (nSPS) is 24.7. The molecule has 1 saturated heterocycles. The molecule has 1 aliphatic heterocycles. The van der Waals surface area contributed by atoms with Crippen LogP contribution in [0.1, 0.15) is 0 Å². The minimum absolute atomic E-state index is 0.796. The SMILES string of the molecule is [B]CC1CN(C)C1. The second-order valence-electron chi connectivity index (χ2n) is 2.32. The Labute approximate surface area is 46.1 Å². The summed E-state index contributed by atoms with van der Waals surface area (Å²) in [6.45, 7) is 2.41. The monoisotopic (exact) mass is 95.1 g/mol. The van der Waals surface area contributed by atoms with E-state index < -0.39 is 0 Å². The third kappa shape index (κ3) is 0.971. The van der Waals surface area contributed by atoms with E-state index >= 15 is 0 Å². The van der Waals surface area contributed by atoms with Gasteiger partial charge in [0, 0.05) is 13.1 Å². The van der Waals surface area contributed by atoms with Crippen LogP contribution in [-0.2, 0) is 0 Å². The van der Waals surface area contributed by atoms with Gasteiger partial charge in [0.2, 0.25) is 0 Å². The van der Waals surface area contributed by atoms with E-state index in [4.69, 9.17) is 7.85 Å². The molecule has 0 aromatic rings. The molecule has 1 nitrogen and oxygen atoms in total. The number of hydrogen-bond acceptors (Lipinski definition) is 1. The van der Waals surface area contributed by atoms with Gasteiger partial charge < -0.3 is 4.90 Å². The number of likely N-dealkylation sites (tertiary alicyclic amines) is 1. The Bertz CT molecular complexity index is 59.1. The Morgan fingerprint density at radius 1 is 1.71 bits per heavy atom. The van der Waals surface area contributed by atoms with Crippen molar-refractivity contribution in [1.29, 1.82) is 0 Å². The summed E-state index contributed by atoms with van der Waals surface area (Å²) >= 11 is 0. The zero-order valence-electron chi connectivity index (χ0n) is 4.72. The van der Waals surface area contributed by atoms with E-state index in [2.05, 4.69) is 11.9 Å². The molecular weight excluding hydrogens is 84.9 g/mol. The molecule has 1 rings (SSSR count). The average molecular weight is 95.0 g/mol. The van der Waals surface area contributed by atoms with E-state index in [1.54, 1.807) is 0 Å². The number of rotatable bonds is 1. The van der Waals surface area contributed by atoms with Gasteiger partial charge in [-0.2, -0.15) is 0 Å². The molecule has 0 unspecified atom stereocenters. The van der Waals surface area contributed by atoms with Crippen molar-refractivity contribution in [1.82, 2.24) is 4.90 Å². The largest absolute Gasteiger partial charge is 0.306 e. The van der Waals surface area contributed by atoms with Crippen molar-refractivity contribution in [3.63, 3.8) is 0 Å². The van der Waals surface area contributed by atoms with Gasteiger partial charge in [0.15, 0.2) is 0 Å². The number of hydrogen-bond donors (Lipinski definition) is 0. The quantitative estimate of drug-likeness (QED) is 0.418. The summed E-state index contributed by atoms with van der Waals surface area (Å²) < 4.78 is 0. The molecule has 0 aromatic carbocycles. The predicted molar refractivity (Wildman–Crippen MR) is 31.5 cm³/mol. The van der Waals surface area contributed by atoms with Crippen LogP contribution in [0, 0.1) is 5.92 Å². The van der Waals surface area contributed by atoms with E-state index in [0.717, 1.165) is 12.2 Å². The van der Waals surface area contributed by atoms with Crippen LogP contribution in [0.25, 0.3) is 0 Å². The standard InChI is InChI=1S/C5H10BN/c1-7-3-5(2-6)4-7/h5H,2-4H2,1H3. The summed E-state index contributed by atoms with van der Waals surface area (Å²) in [5, 5.41) is 0. The molecule has 1 fully saturated rings. The molecular formula is C5H10BN. The van der Waals surface area contributed by atoms with Crippen molar-refractivity contribution in [2.24, 2.45) is 5.92 Å². The highest BCUT2D eigenvalue weighted by molar-refractivity contribution is 6.08. The van der Waals surface area contributed by atoms with Gasteiger partial charge in [-0.25, -0.2) is 0 Å². The summed E-state index contributed by atoms with van der Waals surface area (Å²) in [7, 11) is 7.49. The van der Waals surface area contributed by atoms with Crippen molar-refractivity contribution >= 4 is 7.85 Å². The lowest BCUT2D eigenvalue weighted by atomic mass is 9.86. The lowest BCUT2D eigenvalue weighted by Crippen LogP contribution is -2.43. The van der Waals surface area contributed by atoms with Gasteiger partial charge in [0.25, 0.3) is 0 Å². The summed E-state index contributed by atoms with van der Waals surface area (Å²) in [5.41, 5.74) is 0. The van der Waals surface area contributed by atoms with Gasteiger partial charge in [-0.15, -0.1) is 0 Å². The van der Waals surface area contributed by atoms with Crippen molar-refractivity contribution < 1.29 is 0 Å². The second kappa shape index (κ2) is 1.87. The van der Waals surface area contributed by atoms with Crippen LogP contribution in [0.2, 0.25) is 6.32 Å². The van der Waals surface area contributed by atoms with Crippen LogP contribution in [0.5, 0.6) is 0 Å². The summed E-state index contributed by atoms with van der Waals surface area (Å²) in [4.78, 5) is 2.28. The third-order valence-corrected chi connectivity index (χ3v) is 1.47. The zero-order valence-corrected chi connectivity index (χ0v) is 4.72. The highest BCUT2D eigenvalue weighted by atomic mass is 15.2. The fourth-order valence-electron chi connectivity index (χ4n) is 0.977. The molecule has 0 spiro atoms. The van der Waals surface area contributed by atoms with Crippen molar-refractivity contribution in [3.05, 3.63) is 0 Å². The molecule has 0 aromatic heterocycles. The smallest absolute Gasteiger partial charge is 0.0658 e. The highest BCUT2D eigenvalue weighted by Crippen LogP contribution is 2.14. The number of nitrogens with zero attached hydrogens (tertiary/aromatic N) is 1. The lowest BCUT2D eigenvalue weighted by Gasteiger charge is -2.35. The van der Waals surface area contributed by atoms with Crippen molar-refractivity contribution in [2.45, 2.75) is 6.32 Å². The zero-order chi connectivity index (χ0) is 5.28. The Morgan fingerprint density at radius 3 is 2.43 bits per heavy atom. The first-order valence-corrected chi connectivity index (χ1v) is 2.71. The average Bonchev–Trinajstić information content (AvgIpc) is 1.58. The van der Waals surface area contributed by atoms with Gasteiger partial charge in [0.05, 0.1) is 7.85 Å². The van der Waals surface area contributed by atoms with E-state index in [9.17, 15) is 0 Å².